The van der Waals surface area contributed by atoms with Crippen LogP contribution in [0.4, 0.5) is 5.95 Å². The number of hydrogen-bond acceptors (Lipinski definition) is 6. The van der Waals surface area contributed by atoms with Crippen LogP contribution in [0.25, 0.3) is 0 Å². The summed E-state index contributed by atoms with van der Waals surface area (Å²) in [5, 5.41) is 0.376. The van der Waals surface area contributed by atoms with E-state index in [0.29, 0.717) is 17.1 Å². The van der Waals surface area contributed by atoms with Gasteiger partial charge in [0.15, 0.2) is 0 Å². The molecular weight excluding hydrogens is 240 g/mol. The van der Waals surface area contributed by atoms with Crippen LogP contribution in [0.3, 0.4) is 0 Å². The minimum absolute atomic E-state index is 0.297. The molecule has 0 saturated carbocycles. The zero-order valence-electron chi connectivity index (χ0n) is 9.51. The predicted molar refractivity (Wildman–Crippen MR) is 70.9 cm³/mol. The van der Waals surface area contributed by atoms with Crippen molar-refractivity contribution in [2.24, 2.45) is 0 Å². The Labute approximate surface area is 104 Å². The minimum Gasteiger partial charge on any atom is -0.368 e. The monoisotopic (exact) mass is 256 g/mol. The molecule has 2 N–H and O–H groups in total. The standard InChI is InChI=1S/C10H16N4S2/c1-6(2)8-12-9(14-10(11)13-8)7-5-15-3-4-16-7/h6-7H,3-5H2,1-2H3,(H2,11,12,13,14). The van der Waals surface area contributed by atoms with Gasteiger partial charge in [-0.3, -0.25) is 0 Å². The van der Waals surface area contributed by atoms with E-state index in [-0.39, 0.29) is 0 Å². The van der Waals surface area contributed by atoms with Gasteiger partial charge in [-0.1, -0.05) is 13.8 Å². The molecule has 1 aromatic rings. The Morgan fingerprint density at radius 2 is 2.06 bits per heavy atom. The van der Waals surface area contributed by atoms with Gasteiger partial charge < -0.3 is 5.73 Å². The van der Waals surface area contributed by atoms with Crippen LogP contribution in [0.2, 0.25) is 0 Å². The van der Waals surface area contributed by atoms with Crippen LogP contribution < -0.4 is 5.73 Å². The lowest BCUT2D eigenvalue weighted by molar-refractivity contribution is 0.737. The third kappa shape index (κ3) is 2.79. The molecule has 1 unspecified atom stereocenters. The highest BCUT2D eigenvalue weighted by Gasteiger charge is 2.21. The molecule has 0 aliphatic carbocycles. The molecule has 1 saturated heterocycles. The molecule has 2 heterocycles. The predicted octanol–water partition coefficient (Wildman–Crippen LogP) is 2.10. The van der Waals surface area contributed by atoms with Crippen LogP contribution in [0, 0.1) is 0 Å². The van der Waals surface area contributed by atoms with Gasteiger partial charge in [0.05, 0.1) is 5.25 Å². The first kappa shape index (κ1) is 12.0. The maximum atomic E-state index is 5.73. The molecular formula is C10H16N4S2. The van der Waals surface area contributed by atoms with Gasteiger partial charge in [0.25, 0.3) is 0 Å². The highest BCUT2D eigenvalue weighted by Crippen LogP contribution is 2.35. The van der Waals surface area contributed by atoms with E-state index in [1.807, 2.05) is 23.5 Å². The molecule has 16 heavy (non-hydrogen) atoms. The molecule has 1 aliphatic rings. The van der Waals surface area contributed by atoms with E-state index in [2.05, 4.69) is 28.8 Å². The molecule has 1 aliphatic heterocycles. The van der Waals surface area contributed by atoms with Crippen LogP contribution in [0.15, 0.2) is 0 Å². The molecule has 0 radical (unpaired) electrons. The Morgan fingerprint density at radius 1 is 1.25 bits per heavy atom. The van der Waals surface area contributed by atoms with Gasteiger partial charge >= 0.3 is 0 Å². The molecule has 0 bridgehead atoms. The van der Waals surface area contributed by atoms with Crippen LogP contribution in [0.1, 0.15) is 36.7 Å². The summed E-state index contributed by atoms with van der Waals surface area (Å²) in [5.41, 5.74) is 5.73. The zero-order chi connectivity index (χ0) is 11.5. The van der Waals surface area contributed by atoms with Crippen molar-refractivity contribution in [3.8, 4) is 0 Å². The van der Waals surface area contributed by atoms with Crippen LogP contribution >= 0.6 is 23.5 Å². The molecule has 1 fully saturated rings. The first-order valence-corrected chi connectivity index (χ1v) is 7.58. The van der Waals surface area contributed by atoms with Gasteiger partial charge in [0, 0.05) is 23.2 Å². The van der Waals surface area contributed by atoms with Crippen LogP contribution in [-0.2, 0) is 0 Å². The molecule has 2 rings (SSSR count). The van der Waals surface area contributed by atoms with E-state index in [1.54, 1.807) is 0 Å². The van der Waals surface area contributed by atoms with E-state index in [0.717, 1.165) is 23.2 Å². The van der Waals surface area contributed by atoms with Crippen molar-refractivity contribution in [1.82, 2.24) is 15.0 Å². The zero-order valence-corrected chi connectivity index (χ0v) is 11.1. The van der Waals surface area contributed by atoms with E-state index < -0.39 is 0 Å². The summed E-state index contributed by atoms with van der Waals surface area (Å²) in [4.78, 5) is 12.9. The van der Waals surface area contributed by atoms with Gasteiger partial charge in [0.2, 0.25) is 5.95 Å². The molecule has 1 atom stereocenters. The molecule has 0 spiro atoms. The average Bonchev–Trinajstić information content (AvgIpc) is 2.29. The fraction of sp³-hybridized carbons (Fsp3) is 0.700. The maximum Gasteiger partial charge on any atom is 0.223 e. The number of nitrogens with two attached hydrogens (primary N) is 1. The number of anilines is 1. The summed E-state index contributed by atoms with van der Waals surface area (Å²) < 4.78 is 0. The second-order valence-corrected chi connectivity index (χ2v) is 6.46. The summed E-state index contributed by atoms with van der Waals surface area (Å²) in [6.45, 7) is 4.14. The molecule has 1 aromatic heterocycles. The number of aromatic nitrogens is 3. The Kier molecular flexibility index (Phi) is 3.91. The second-order valence-electron chi connectivity index (χ2n) is 4.00. The third-order valence-electron chi connectivity index (χ3n) is 2.31. The largest absolute Gasteiger partial charge is 0.368 e. The topological polar surface area (TPSA) is 64.7 Å². The summed E-state index contributed by atoms with van der Waals surface area (Å²) in [6.07, 6.45) is 0. The number of rotatable bonds is 2. The minimum atomic E-state index is 0.297. The van der Waals surface area contributed by atoms with Gasteiger partial charge in [-0.15, -0.1) is 11.8 Å². The summed E-state index contributed by atoms with van der Waals surface area (Å²) in [6, 6.07) is 0. The Morgan fingerprint density at radius 3 is 2.69 bits per heavy atom. The second kappa shape index (κ2) is 5.23. The molecule has 6 heteroatoms. The number of nitrogens with zero attached hydrogens (tertiary/aromatic N) is 3. The highest BCUT2D eigenvalue weighted by molar-refractivity contribution is 8.06. The van der Waals surface area contributed by atoms with E-state index >= 15 is 0 Å². The molecule has 0 amide bonds. The van der Waals surface area contributed by atoms with Crippen LogP contribution in [0.5, 0.6) is 0 Å². The van der Waals surface area contributed by atoms with Crippen molar-refractivity contribution in [2.45, 2.75) is 25.0 Å². The molecule has 4 nitrogen and oxygen atoms in total. The fourth-order valence-electron chi connectivity index (χ4n) is 1.47. The van der Waals surface area contributed by atoms with Crippen molar-refractivity contribution < 1.29 is 0 Å². The first-order chi connectivity index (χ1) is 7.66. The molecule has 88 valence electrons. The van der Waals surface area contributed by atoms with Crippen LogP contribution in [-0.4, -0.2) is 32.2 Å². The smallest absolute Gasteiger partial charge is 0.223 e. The van der Waals surface area contributed by atoms with E-state index in [9.17, 15) is 0 Å². The summed E-state index contributed by atoms with van der Waals surface area (Å²) in [7, 11) is 0. The van der Waals surface area contributed by atoms with Crippen molar-refractivity contribution in [1.29, 1.82) is 0 Å². The number of nitrogen functional groups attached to an aromatic ring is 1. The van der Waals surface area contributed by atoms with Gasteiger partial charge in [0.1, 0.15) is 11.6 Å². The van der Waals surface area contributed by atoms with Gasteiger partial charge in [-0.2, -0.15) is 21.7 Å². The lowest BCUT2D eigenvalue weighted by Crippen LogP contribution is -2.14. The average molecular weight is 256 g/mol. The molecule has 0 aromatic carbocycles. The van der Waals surface area contributed by atoms with E-state index in [4.69, 9.17) is 5.73 Å². The fourth-order valence-corrected chi connectivity index (χ4v) is 4.06. The Hall–Kier alpha value is -0.490. The Bertz CT molecular complexity index is 364. The highest BCUT2D eigenvalue weighted by atomic mass is 32.2. The summed E-state index contributed by atoms with van der Waals surface area (Å²) in [5.74, 6) is 5.77. The van der Waals surface area contributed by atoms with Crippen molar-refractivity contribution >= 4 is 29.5 Å². The lowest BCUT2D eigenvalue weighted by Gasteiger charge is -2.20. The number of thioether (sulfide) groups is 2. The normalized spacial score (nSPS) is 21.3. The van der Waals surface area contributed by atoms with Crippen molar-refractivity contribution in [3.05, 3.63) is 11.6 Å². The maximum absolute atomic E-state index is 5.73. The SMILES string of the molecule is CC(C)c1nc(N)nc(C2CSCCS2)n1. The van der Waals surface area contributed by atoms with E-state index in [1.165, 1.54) is 5.75 Å². The van der Waals surface area contributed by atoms with Crippen molar-refractivity contribution in [3.63, 3.8) is 0 Å². The van der Waals surface area contributed by atoms with Gasteiger partial charge in [-0.25, -0.2) is 4.98 Å². The Balaban J connectivity index is 2.25. The quantitative estimate of drug-likeness (QED) is 0.874. The van der Waals surface area contributed by atoms with Crippen molar-refractivity contribution in [2.75, 3.05) is 23.0 Å². The lowest BCUT2D eigenvalue weighted by atomic mass is 10.2. The first-order valence-electron chi connectivity index (χ1n) is 5.37. The number of hydrogen-bond donors (Lipinski definition) is 1. The summed E-state index contributed by atoms with van der Waals surface area (Å²) >= 11 is 3.87. The van der Waals surface area contributed by atoms with Gasteiger partial charge in [-0.05, 0) is 0 Å². The third-order valence-corrected chi connectivity index (χ3v) is 5.06.